The van der Waals surface area contributed by atoms with Gasteiger partial charge in [0.15, 0.2) is 5.78 Å². The molecule has 0 fully saturated rings. The summed E-state index contributed by atoms with van der Waals surface area (Å²) in [7, 11) is 0. The molecule has 2 aromatic heterocycles. The van der Waals surface area contributed by atoms with Gasteiger partial charge in [0.2, 0.25) is 5.16 Å². The van der Waals surface area contributed by atoms with Crippen LogP contribution in [0.25, 0.3) is 0 Å². The largest absolute Gasteiger partial charge is 0.313 e. The van der Waals surface area contributed by atoms with Gasteiger partial charge in [0.25, 0.3) is 0 Å². The second-order valence-corrected chi connectivity index (χ2v) is 9.54. The molecular weight excluding hydrogens is 444 g/mol. The highest BCUT2D eigenvalue weighted by molar-refractivity contribution is 9.11. The molecule has 0 radical (unpaired) electrons. The summed E-state index contributed by atoms with van der Waals surface area (Å²) in [5, 5.41) is 9.28. The quantitative estimate of drug-likeness (QED) is 0.580. The molecule has 128 valence electrons. The average molecular weight is 456 g/mol. The molecule has 1 N–H and O–H groups in total. The zero-order chi connectivity index (χ0) is 17.6. The first-order valence-electron chi connectivity index (χ1n) is 7.43. The van der Waals surface area contributed by atoms with E-state index in [9.17, 15) is 4.79 Å². The van der Waals surface area contributed by atoms with E-state index in [0.29, 0.717) is 10.2 Å². The highest BCUT2D eigenvalue weighted by Gasteiger charge is 2.38. The summed E-state index contributed by atoms with van der Waals surface area (Å²) in [6, 6.07) is 11.1. The summed E-state index contributed by atoms with van der Waals surface area (Å²) in [6.07, 6.45) is 0. The Bertz CT molecular complexity index is 940. The highest BCUT2D eigenvalue weighted by atomic mass is 79.9. The Balaban J connectivity index is 1.75. The Kier molecular flexibility index (Phi) is 4.61. The molecule has 5 nitrogen and oxygen atoms in total. The topological polar surface area (TPSA) is 59.8 Å². The van der Waals surface area contributed by atoms with E-state index in [-0.39, 0.29) is 17.1 Å². The molecule has 1 aromatic carbocycles. The third-order valence-corrected chi connectivity index (χ3v) is 7.01. The van der Waals surface area contributed by atoms with E-state index >= 15 is 0 Å². The summed E-state index contributed by atoms with van der Waals surface area (Å²) >= 11 is 12.3. The molecule has 0 saturated heterocycles. The van der Waals surface area contributed by atoms with Crippen LogP contribution in [0.5, 0.6) is 0 Å². The normalized spacial score (nSPS) is 19.3. The fourth-order valence-corrected chi connectivity index (χ4v) is 5.43. The average Bonchev–Trinajstić information content (AvgIpc) is 3.20. The van der Waals surface area contributed by atoms with Crippen LogP contribution in [0.4, 0.5) is 0 Å². The Morgan fingerprint density at radius 3 is 2.68 bits per heavy atom. The molecule has 0 unspecified atom stereocenters. The van der Waals surface area contributed by atoms with E-state index < -0.39 is 0 Å². The van der Waals surface area contributed by atoms with Crippen molar-refractivity contribution < 1.29 is 4.79 Å². The lowest BCUT2D eigenvalue weighted by molar-refractivity contribution is 0.0984. The predicted octanol–water partition coefficient (Wildman–Crippen LogP) is 4.71. The van der Waals surface area contributed by atoms with Crippen LogP contribution < -0.4 is 5.43 Å². The molecule has 4 rings (SSSR count). The van der Waals surface area contributed by atoms with Crippen molar-refractivity contribution >= 4 is 56.4 Å². The van der Waals surface area contributed by atoms with Crippen molar-refractivity contribution in [3.05, 3.63) is 61.5 Å². The maximum atomic E-state index is 13.1. The molecule has 0 spiro atoms. The SMILES string of the molecule is Cc1nnc2n1N[C@@H](c1ccc(Cl)cc1)[C@H](C(=O)c1ccc(Br)s1)S2. The smallest absolute Gasteiger partial charge is 0.210 e. The van der Waals surface area contributed by atoms with Crippen molar-refractivity contribution in [2.45, 2.75) is 23.4 Å². The molecule has 0 aliphatic carbocycles. The Morgan fingerprint density at radius 2 is 2.00 bits per heavy atom. The first kappa shape index (κ1) is 17.1. The second-order valence-electron chi connectivity index (χ2n) is 5.53. The van der Waals surface area contributed by atoms with Gasteiger partial charge in [0.1, 0.15) is 11.1 Å². The molecular formula is C16H12BrClN4OS2. The van der Waals surface area contributed by atoms with Gasteiger partial charge in [-0.05, 0) is 52.7 Å². The molecule has 3 aromatic rings. The van der Waals surface area contributed by atoms with Crippen LogP contribution in [0.2, 0.25) is 5.02 Å². The minimum atomic E-state index is -0.345. The Hall–Kier alpha value is -1.35. The van der Waals surface area contributed by atoms with Gasteiger partial charge in [-0.2, -0.15) is 0 Å². The summed E-state index contributed by atoms with van der Waals surface area (Å²) in [5.41, 5.74) is 4.38. The van der Waals surface area contributed by atoms with Gasteiger partial charge in [-0.25, -0.2) is 4.68 Å². The molecule has 2 atom stereocenters. The van der Waals surface area contributed by atoms with Gasteiger partial charge in [0, 0.05) is 5.02 Å². The standard InChI is InChI=1S/C16H12BrClN4OS2/c1-8-19-20-16-22(8)21-13(9-2-4-10(18)5-3-9)15(25-16)14(23)11-6-7-12(17)24-11/h2-7,13,15,21H,1H3/t13-,15+/m0/s1. The van der Waals surface area contributed by atoms with Crippen molar-refractivity contribution in [2.75, 3.05) is 5.43 Å². The van der Waals surface area contributed by atoms with Gasteiger partial charge >= 0.3 is 0 Å². The minimum absolute atomic E-state index is 0.0695. The monoisotopic (exact) mass is 454 g/mol. The van der Waals surface area contributed by atoms with Crippen LogP contribution in [-0.2, 0) is 0 Å². The van der Waals surface area contributed by atoms with Crippen LogP contribution in [0, 0.1) is 6.92 Å². The van der Waals surface area contributed by atoms with E-state index in [2.05, 4.69) is 31.6 Å². The van der Waals surface area contributed by atoms with Crippen LogP contribution in [-0.4, -0.2) is 25.9 Å². The van der Waals surface area contributed by atoms with E-state index in [1.807, 2.05) is 48.0 Å². The van der Waals surface area contributed by atoms with Gasteiger partial charge in [-0.1, -0.05) is 35.5 Å². The predicted molar refractivity (Wildman–Crippen MR) is 104 cm³/mol. The van der Waals surface area contributed by atoms with Gasteiger partial charge in [-0.15, -0.1) is 21.5 Å². The van der Waals surface area contributed by atoms with Crippen molar-refractivity contribution in [1.29, 1.82) is 0 Å². The number of hydrogen-bond acceptors (Lipinski definition) is 6. The van der Waals surface area contributed by atoms with Crippen LogP contribution in [0.1, 0.15) is 27.1 Å². The summed E-state index contributed by atoms with van der Waals surface area (Å²) in [5.74, 6) is 0.825. The van der Waals surface area contributed by atoms with Crippen LogP contribution >= 0.6 is 50.6 Å². The number of aromatic nitrogens is 3. The first-order valence-corrected chi connectivity index (χ1v) is 10.3. The number of hydrogen-bond donors (Lipinski definition) is 1. The summed E-state index contributed by atoms with van der Waals surface area (Å²) < 4.78 is 2.77. The van der Waals surface area contributed by atoms with E-state index in [1.54, 1.807) is 0 Å². The molecule has 1 aliphatic rings. The van der Waals surface area contributed by atoms with Crippen molar-refractivity contribution in [1.82, 2.24) is 14.9 Å². The zero-order valence-corrected chi connectivity index (χ0v) is 16.9. The van der Waals surface area contributed by atoms with Crippen molar-refractivity contribution in [3.63, 3.8) is 0 Å². The molecule has 0 amide bonds. The number of rotatable bonds is 3. The van der Waals surface area contributed by atoms with Gasteiger partial charge < -0.3 is 5.43 Å². The lowest BCUT2D eigenvalue weighted by atomic mass is 10.0. The lowest BCUT2D eigenvalue weighted by Gasteiger charge is -2.32. The van der Waals surface area contributed by atoms with Crippen molar-refractivity contribution in [3.8, 4) is 0 Å². The molecule has 3 heterocycles. The number of fused-ring (bicyclic) bond motifs is 1. The van der Waals surface area contributed by atoms with E-state index in [1.165, 1.54) is 23.1 Å². The van der Waals surface area contributed by atoms with Gasteiger partial charge in [-0.3, -0.25) is 4.79 Å². The van der Waals surface area contributed by atoms with Crippen LogP contribution in [0.15, 0.2) is 45.3 Å². The first-order chi connectivity index (χ1) is 12.0. The third-order valence-electron chi connectivity index (χ3n) is 3.90. The number of thioether (sulfide) groups is 1. The number of nitrogens with zero attached hydrogens (tertiary/aromatic N) is 3. The third kappa shape index (κ3) is 3.23. The number of aryl methyl sites for hydroxylation is 1. The maximum absolute atomic E-state index is 13.1. The molecule has 9 heteroatoms. The summed E-state index contributed by atoms with van der Waals surface area (Å²) in [6.45, 7) is 1.88. The summed E-state index contributed by atoms with van der Waals surface area (Å²) in [4.78, 5) is 13.8. The number of carbonyl (C=O) groups is 1. The number of halogens is 2. The number of benzene rings is 1. The second kappa shape index (κ2) is 6.75. The number of Topliss-reactive ketones (excluding diaryl/α,β-unsaturated/α-hetero) is 1. The number of nitrogens with one attached hydrogen (secondary N) is 1. The number of carbonyl (C=O) groups excluding carboxylic acids is 1. The maximum Gasteiger partial charge on any atom is 0.210 e. The Morgan fingerprint density at radius 1 is 1.24 bits per heavy atom. The van der Waals surface area contributed by atoms with E-state index in [4.69, 9.17) is 11.6 Å². The van der Waals surface area contributed by atoms with Gasteiger partial charge in [0.05, 0.1) is 14.7 Å². The molecule has 0 saturated carbocycles. The molecule has 25 heavy (non-hydrogen) atoms. The number of thiophene rings is 1. The highest BCUT2D eigenvalue weighted by Crippen LogP contribution is 2.40. The van der Waals surface area contributed by atoms with E-state index in [0.717, 1.165) is 20.1 Å². The fraction of sp³-hybridized carbons (Fsp3) is 0.188. The fourth-order valence-electron chi connectivity index (χ4n) is 2.67. The van der Waals surface area contributed by atoms with Crippen molar-refractivity contribution in [2.24, 2.45) is 0 Å². The zero-order valence-electron chi connectivity index (χ0n) is 12.9. The number of ketones is 1. The van der Waals surface area contributed by atoms with Crippen LogP contribution in [0.3, 0.4) is 0 Å². The molecule has 0 bridgehead atoms. The molecule has 1 aliphatic heterocycles. The lowest BCUT2D eigenvalue weighted by Crippen LogP contribution is -2.38. The Labute approximate surface area is 165 Å². The minimum Gasteiger partial charge on any atom is -0.313 e.